The highest BCUT2D eigenvalue weighted by molar-refractivity contribution is 5.94. The summed E-state index contributed by atoms with van der Waals surface area (Å²) in [4.78, 5) is 22.2. The van der Waals surface area contributed by atoms with Gasteiger partial charge in [0.2, 0.25) is 0 Å². The molecule has 1 fully saturated rings. The molecule has 192 valence electrons. The Kier molecular flexibility index (Phi) is 7.23. The van der Waals surface area contributed by atoms with Crippen molar-refractivity contribution in [1.29, 1.82) is 0 Å². The maximum absolute atomic E-state index is 13.4. The van der Waals surface area contributed by atoms with Gasteiger partial charge in [0, 0.05) is 69.8 Å². The monoisotopic (exact) mass is 500 g/mol. The van der Waals surface area contributed by atoms with Gasteiger partial charge in [-0.05, 0) is 24.3 Å². The normalized spacial score (nSPS) is 14.1. The molecule has 1 aliphatic rings. The molecule has 9 heteroatoms. The number of hydrogen-bond donors (Lipinski definition) is 0. The Morgan fingerprint density at radius 1 is 0.946 bits per heavy atom. The number of piperazine rings is 1. The Morgan fingerprint density at radius 2 is 1.73 bits per heavy atom. The Hall–Kier alpha value is -4.11. The van der Waals surface area contributed by atoms with Crippen molar-refractivity contribution >= 4 is 5.91 Å². The number of imidazole rings is 1. The number of hydrogen-bond acceptors (Lipinski definition) is 6. The van der Waals surface area contributed by atoms with Crippen LogP contribution in [0.3, 0.4) is 0 Å². The van der Waals surface area contributed by atoms with Crippen molar-refractivity contribution in [2.24, 2.45) is 7.05 Å². The van der Waals surface area contributed by atoms with Gasteiger partial charge in [0.15, 0.2) is 0 Å². The van der Waals surface area contributed by atoms with Crippen LogP contribution in [0.2, 0.25) is 0 Å². The van der Waals surface area contributed by atoms with Gasteiger partial charge in [0.1, 0.15) is 23.0 Å². The fourth-order valence-corrected chi connectivity index (χ4v) is 4.74. The third kappa shape index (κ3) is 5.22. The number of benzene rings is 2. The summed E-state index contributed by atoms with van der Waals surface area (Å²) in [6.07, 6.45) is 3.88. The van der Waals surface area contributed by atoms with Crippen LogP contribution in [0.15, 0.2) is 67.0 Å². The number of carbonyl (C=O) groups is 1. The number of aryl methyl sites for hydroxylation is 1. The van der Waals surface area contributed by atoms with E-state index in [1.807, 2.05) is 59.8 Å². The van der Waals surface area contributed by atoms with Crippen molar-refractivity contribution in [3.05, 3.63) is 72.7 Å². The minimum atomic E-state index is -0.0104. The van der Waals surface area contributed by atoms with Gasteiger partial charge < -0.3 is 18.9 Å². The standard InChI is InChI=1S/C28H32N6O3/c1-31-25(20-24(30-31)23-19-22(36-2)9-10-26(23)37-3)28(35)34-17-14-32(15-18-34)13-16-33-12-11-29-27(33)21-7-5-4-6-8-21/h4-12,19-20H,13-18H2,1-3H3. The third-order valence-electron chi connectivity index (χ3n) is 6.85. The van der Waals surface area contributed by atoms with E-state index in [9.17, 15) is 4.79 Å². The minimum absolute atomic E-state index is 0.0104. The Balaban J connectivity index is 1.21. The zero-order valence-electron chi connectivity index (χ0n) is 21.5. The van der Waals surface area contributed by atoms with E-state index in [4.69, 9.17) is 9.47 Å². The lowest BCUT2D eigenvalue weighted by atomic mass is 10.1. The van der Waals surface area contributed by atoms with Crippen LogP contribution in [-0.2, 0) is 13.6 Å². The van der Waals surface area contributed by atoms with E-state index in [1.54, 1.807) is 25.9 Å². The summed E-state index contributed by atoms with van der Waals surface area (Å²) < 4.78 is 14.7. The molecule has 0 bridgehead atoms. The number of rotatable bonds is 8. The van der Waals surface area contributed by atoms with Crippen molar-refractivity contribution in [2.45, 2.75) is 6.54 Å². The van der Waals surface area contributed by atoms with Gasteiger partial charge in [0.05, 0.1) is 19.9 Å². The van der Waals surface area contributed by atoms with Crippen LogP contribution in [0.5, 0.6) is 11.5 Å². The molecular formula is C28H32N6O3. The van der Waals surface area contributed by atoms with Gasteiger partial charge in [-0.1, -0.05) is 30.3 Å². The third-order valence-corrected chi connectivity index (χ3v) is 6.85. The smallest absolute Gasteiger partial charge is 0.272 e. The molecule has 2 aromatic carbocycles. The summed E-state index contributed by atoms with van der Waals surface area (Å²) in [5.74, 6) is 2.36. The lowest BCUT2D eigenvalue weighted by molar-refractivity contribution is 0.0622. The first-order valence-corrected chi connectivity index (χ1v) is 12.4. The highest BCUT2D eigenvalue weighted by Gasteiger charge is 2.25. The summed E-state index contributed by atoms with van der Waals surface area (Å²) in [5, 5.41) is 4.60. The number of nitrogens with zero attached hydrogens (tertiary/aromatic N) is 6. The molecule has 0 N–H and O–H groups in total. The minimum Gasteiger partial charge on any atom is -0.497 e. The van der Waals surface area contributed by atoms with E-state index in [0.29, 0.717) is 36.0 Å². The average Bonchev–Trinajstić information content (AvgIpc) is 3.58. The molecule has 4 aromatic rings. The predicted molar refractivity (Wildman–Crippen MR) is 142 cm³/mol. The molecule has 3 heterocycles. The SMILES string of the molecule is COc1ccc(OC)c(-c2cc(C(=O)N3CCN(CCn4ccnc4-c4ccccc4)CC3)n(C)n2)c1. The van der Waals surface area contributed by atoms with Crippen LogP contribution < -0.4 is 9.47 Å². The summed E-state index contributed by atoms with van der Waals surface area (Å²) in [7, 11) is 5.04. The summed E-state index contributed by atoms with van der Waals surface area (Å²) in [5.41, 5.74) is 3.13. The quantitative estimate of drug-likeness (QED) is 0.369. The fourth-order valence-electron chi connectivity index (χ4n) is 4.74. The number of methoxy groups -OCH3 is 2. The first-order valence-electron chi connectivity index (χ1n) is 12.4. The molecule has 37 heavy (non-hydrogen) atoms. The number of aromatic nitrogens is 4. The van der Waals surface area contributed by atoms with Crippen LogP contribution in [0.25, 0.3) is 22.6 Å². The van der Waals surface area contributed by atoms with Crippen molar-refractivity contribution in [1.82, 2.24) is 29.1 Å². The van der Waals surface area contributed by atoms with E-state index in [2.05, 4.69) is 31.7 Å². The zero-order chi connectivity index (χ0) is 25.8. The molecule has 0 atom stereocenters. The molecule has 1 saturated heterocycles. The molecule has 1 amide bonds. The molecular weight excluding hydrogens is 468 g/mol. The lowest BCUT2D eigenvalue weighted by Gasteiger charge is -2.34. The molecule has 2 aromatic heterocycles. The number of ether oxygens (including phenoxy) is 2. The summed E-state index contributed by atoms with van der Waals surface area (Å²) in [6.45, 7) is 4.77. The molecule has 5 rings (SSSR count). The summed E-state index contributed by atoms with van der Waals surface area (Å²) >= 11 is 0. The van der Waals surface area contributed by atoms with Crippen LogP contribution in [0, 0.1) is 0 Å². The van der Waals surface area contributed by atoms with Crippen LogP contribution in [0.1, 0.15) is 10.5 Å². The molecule has 0 unspecified atom stereocenters. The van der Waals surface area contributed by atoms with E-state index < -0.39 is 0 Å². The van der Waals surface area contributed by atoms with Gasteiger partial charge in [-0.15, -0.1) is 0 Å². The highest BCUT2D eigenvalue weighted by Crippen LogP contribution is 2.33. The second-order valence-corrected chi connectivity index (χ2v) is 9.05. The zero-order valence-corrected chi connectivity index (χ0v) is 21.5. The molecule has 0 spiro atoms. The topological polar surface area (TPSA) is 77.7 Å². The molecule has 0 aliphatic carbocycles. The average molecular weight is 501 g/mol. The first-order chi connectivity index (χ1) is 18.1. The highest BCUT2D eigenvalue weighted by atomic mass is 16.5. The Labute approximate surface area is 216 Å². The van der Waals surface area contributed by atoms with E-state index >= 15 is 0 Å². The summed E-state index contributed by atoms with van der Waals surface area (Å²) in [6, 6.07) is 17.6. The van der Waals surface area contributed by atoms with Crippen LogP contribution in [-0.4, -0.2) is 82.0 Å². The second-order valence-electron chi connectivity index (χ2n) is 9.05. The largest absolute Gasteiger partial charge is 0.497 e. The maximum atomic E-state index is 13.4. The van der Waals surface area contributed by atoms with E-state index in [1.165, 1.54) is 0 Å². The van der Waals surface area contributed by atoms with Crippen molar-refractivity contribution in [3.63, 3.8) is 0 Å². The Morgan fingerprint density at radius 3 is 2.46 bits per heavy atom. The van der Waals surface area contributed by atoms with Gasteiger partial charge in [-0.2, -0.15) is 5.10 Å². The first kappa shape index (κ1) is 24.6. The van der Waals surface area contributed by atoms with Crippen molar-refractivity contribution in [2.75, 3.05) is 46.9 Å². The molecule has 0 saturated carbocycles. The van der Waals surface area contributed by atoms with Crippen LogP contribution in [0.4, 0.5) is 0 Å². The fraction of sp³-hybridized carbons (Fsp3) is 0.321. The number of carbonyl (C=O) groups excluding carboxylic acids is 1. The second kappa shape index (κ2) is 10.9. The molecule has 9 nitrogen and oxygen atoms in total. The van der Waals surface area contributed by atoms with Gasteiger partial charge in [-0.25, -0.2) is 4.98 Å². The number of amides is 1. The molecule has 0 radical (unpaired) electrons. The van der Waals surface area contributed by atoms with Gasteiger partial charge in [0.25, 0.3) is 5.91 Å². The van der Waals surface area contributed by atoms with Gasteiger partial charge >= 0.3 is 0 Å². The van der Waals surface area contributed by atoms with Gasteiger partial charge in [-0.3, -0.25) is 14.4 Å². The molecule has 1 aliphatic heterocycles. The van der Waals surface area contributed by atoms with E-state index in [-0.39, 0.29) is 5.91 Å². The van der Waals surface area contributed by atoms with Crippen molar-refractivity contribution in [3.8, 4) is 34.1 Å². The van der Waals surface area contributed by atoms with Crippen molar-refractivity contribution < 1.29 is 14.3 Å². The Bertz CT molecular complexity index is 1360. The van der Waals surface area contributed by atoms with Crippen LogP contribution >= 0.6 is 0 Å². The van der Waals surface area contributed by atoms with E-state index in [0.717, 1.165) is 43.1 Å². The lowest BCUT2D eigenvalue weighted by Crippen LogP contribution is -2.49. The maximum Gasteiger partial charge on any atom is 0.272 e. The predicted octanol–water partition coefficient (Wildman–Crippen LogP) is 3.43.